The SMILES string of the molecule is CCCCCOc1ccc(C2/C(=C(\O)c3ccc(Cl)cc3)C(=O)C(=O)N2c2nc3c(C)cc(C)cc3s2)cc1. The second-order valence-corrected chi connectivity index (χ2v) is 11.2. The van der Waals surface area contributed by atoms with Gasteiger partial charge in [-0.3, -0.25) is 14.5 Å². The maximum atomic E-state index is 13.5. The number of aryl methyl sites for hydroxylation is 2. The van der Waals surface area contributed by atoms with Gasteiger partial charge < -0.3 is 9.84 Å². The van der Waals surface area contributed by atoms with Crippen LogP contribution in [0, 0.1) is 13.8 Å². The lowest BCUT2D eigenvalue weighted by Gasteiger charge is -2.23. The minimum atomic E-state index is -0.864. The average molecular weight is 561 g/mol. The highest BCUT2D eigenvalue weighted by atomic mass is 35.5. The number of ketones is 1. The van der Waals surface area contributed by atoms with Crippen molar-refractivity contribution in [1.82, 2.24) is 4.98 Å². The Kier molecular flexibility index (Phi) is 7.73. The van der Waals surface area contributed by atoms with E-state index in [1.807, 2.05) is 50.2 Å². The Morgan fingerprint density at radius 1 is 1.05 bits per heavy atom. The van der Waals surface area contributed by atoms with Crippen LogP contribution >= 0.6 is 22.9 Å². The molecule has 1 aromatic heterocycles. The Morgan fingerprint density at radius 3 is 2.46 bits per heavy atom. The average Bonchev–Trinajstić information content (AvgIpc) is 3.45. The van der Waals surface area contributed by atoms with E-state index >= 15 is 0 Å². The highest BCUT2D eigenvalue weighted by Gasteiger charge is 2.48. The molecule has 1 aliphatic heterocycles. The summed E-state index contributed by atoms with van der Waals surface area (Å²) in [6, 6.07) is 17.0. The quantitative estimate of drug-likeness (QED) is 0.103. The number of benzene rings is 3. The molecule has 1 fully saturated rings. The molecule has 5 rings (SSSR count). The number of rotatable bonds is 8. The molecule has 1 atom stereocenters. The molecule has 8 heteroatoms. The first-order valence-electron chi connectivity index (χ1n) is 13.0. The Balaban J connectivity index is 1.62. The number of ether oxygens (including phenoxy) is 1. The topological polar surface area (TPSA) is 79.7 Å². The minimum Gasteiger partial charge on any atom is -0.507 e. The van der Waals surface area contributed by atoms with Gasteiger partial charge in [0.25, 0.3) is 5.78 Å². The summed E-state index contributed by atoms with van der Waals surface area (Å²) in [5, 5.41) is 12.2. The molecule has 6 nitrogen and oxygen atoms in total. The number of aliphatic hydroxyl groups is 1. The summed E-state index contributed by atoms with van der Waals surface area (Å²) in [6.07, 6.45) is 3.17. The van der Waals surface area contributed by atoms with Gasteiger partial charge in [-0.2, -0.15) is 0 Å². The second-order valence-electron chi connectivity index (χ2n) is 9.73. The molecule has 1 amide bonds. The zero-order valence-corrected chi connectivity index (χ0v) is 23.6. The normalized spacial score (nSPS) is 16.8. The van der Waals surface area contributed by atoms with Crippen molar-refractivity contribution in [2.75, 3.05) is 11.5 Å². The van der Waals surface area contributed by atoms with E-state index in [0.717, 1.165) is 40.6 Å². The van der Waals surface area contributed by atoms with E-state index in [-0.39, 0.29) is 11.3 Å². The summed E-state index contributed by atoms with van der Waals surface area (Å²) < 4.78 is 6.79. The number of unbranched alkanes of at least 4 members (excludes halogenated alkanes) is 2. The lowest BCUT2D eigenvalue weighted by atomic mass is 9.95. The number of thiazole rings is 1. The molecule has 200 valence electrons. The van der Waals surface area contributed by atoms with Crippen LogP contribution in [0.15, 0.2) is 66.2 Å². The highest BCUT2D eigenvalue weighted by molar-refractivity contribution is 7.22. The molecule has 1 N–H and O–H groups in total. The number of nitrogens with zero attached hydrogens (tertiary/aromatic N) is 2. The summed E-state index contributed by atoms with van der Waals surface area (Å²) in [6.45, 7) is 6.75. The van der Waals surface area contributed by atoms with Crippen LogP contribution in [0.2, 0.25) is 5.02 Å². The van der Waals surface area contributed by atoms with Gasteiger partial charge in [-0.1, -0.05) is 60.9 Å². The van der Waals surface area contributed by atoms with Crippen LogP contribution in [-0.2, 0) is 9.59 Å². The number of anilines is 1. The molecule has 0 aliphatic carbocycles. The predicted octanol–water partition coefficient (Wildman–Crippen LogP) is 7.76. The van der Waals surface area contributed by atoms with Gasteiger partial charge in [-0.15, -0.1) is 0 Å². The third kappa shape index (κ3) is 5.29. The van der Waals surface area contributed by atoms with Crippen molar-refractivity contribution >= 4 is 55.7 Å². The number of hydrogen-bond acceptors (Lipinski definition) is 6. The van der Waals surface area contributed by atoms with Crippen LogP contribution in [0.3, 0.4) is 0 Å². The smallest absolute Gasteiger partial charge is 0.301 e. The summed E-state index contributed by atoms with van der Waals surface area (Å²) in [5.41, 5.74) is 3.94. The minimum absolute atomic E-state index is 0.00564. The molecular weight excluding hydrogens is 532 g/mol. The Labute approximate surface area is 236 Å². The molecule has 39 heavy (non-hydrogen) atoms. The van der Waals surface area contributed by atoms with Crippen molar-refractivity contribution in [3.05, 3.63) is 93.5 Å². The van der Waals surface area contributed by atoms with E-state index in [0.29, 0.717) is 33.6 Å². The van der Waals surface area contributed by atoms with E-state index in [9.17, 15) is 14.7 Å². The van der Waals surface area contributed by atoms with Gasteiger partial charge in [-0.25, -0.2) is 4.98 Å². The van der Waals surface area contributed by atoms with Crippen LogP contribution in [0.4, 0.5) is 5.13 Å². The molecule has 0 bridgehead atoms. The summed E-state index contributed by atoms with van der Waals surface area (Å²) in [7, 11) is 0. The van der Waals surface area contributed by atoms with E-state index in [2.05, 4.69) is 6.92 Å². The number of aromatic nitrogens is 1. The first kappa shape index (κ1) is 26.9. The number of halogens is 1. The zero-order valence-electron chi connectivity index (χ0n) is 22.0. The molecule has 0 radical (unpaired) electrons. The molecular formula is C31H29ClN2O4S. The zero-order chi connectivity index (χ0) is 27.7. The monoisotopic (exact) mass is 560 g/mol. The maximum absolute atomic E-state index is 13.5. The van der Waals surface area contributed by atoms with Gasteiger partial charge in [0.05, 0.1) is 28.4 Å². The van der Waals surface area contributed by atoms with Crippen LogP contribution in [0.1, 0.15) is 54.5 Å². The van der Waals surface area contributed by atoms with E-state index < -0.39 is 17.7 Å². The third-order valence-corrected chi connectivity index (χ3v) is 8.05. The molecule has 0 saturated carbocycles. The predicted molar refractivity (Wildman–Crippen MR) is 157 cm³/mol. The van der Waals surface area contributed by atoms with Crippen LogP contribution < -0.4 is 9.64 Å². The Morgan fingerprint density at radius 2 is 1.77 bits per heavy atom. The van der Waals surface area contributed by atoms with E-state index in [1.54, 1.807) is 24.3 Å². The molecule has 2 heterocycles. The van der Waals surface area contributed by atoms with Gasteiger partial charge in [0, 0.05) is 10.6 Å². The fourth-order valence-electron chi connectivity index (χ4n) is 4.86. The standard InChI is InChI=1S/C31H29ClN2O4S/c1-4-5-6-15-38-23-13-9-20(10-14-23)27-25(28(35)21-7-11-22(32)12-8-21)29(36)30(37)34(27)31-33-26-19(3)16-18(2)17-24(26)39-31/h7-14,16-17,27,35H,4-6,15H2,1-3H3/b28-25+. The molecule has 1 saturated heterocycles. The number of carbonyl (C=O) groups is 2. The van der Waals surface area contributed by atoms with Crippen molar-refractivity contribution in [3.63, 3.8) is 0 Å². The molecule has 1 unspecified atom stereocenters. The van der Waals surface area contributed by atoms with Crippen molar-refractivity contribution in [2.45, 2.75) is 46.1 Å². The maximum Gasteiger partial charge on any atom is 0.301 e. The Bertz CT molecular complexity index is 1570. The lowest BCUT2D eigenvalue weighted by Crippen LogP contribution is -2.29. The summed E-state index contributed by atoms with van der Waals surface area (Å²) in [5.74, 6) is -1.05. The molecule has 4 aromatic rings. The van der Waals surface area contributed by atoms with E-state index in [1.165, 1.54) is 16.2 Å². The van der Waals surface area contributed by atoms with Gasteiger partial charge in [0.1, 0.15) is 11.5 Å². The van der Waals surface area contributed by atoms with Crippen LogP contribution in [-0.4, -0.2) is 28.4 Å². The first-order chi connectivity index (χ1) is 18.8. The van der Waals surface area contributed by atoms with Crippen LogP contribution in [0.25, 0.3) is 16.0 Å². The number of carbonyl (C=O) groups excluding carboxylic acids is 2. The number of amides is 1. The van der Waals surface area contributed by atoms with Gasteiger partial charge in [0.15, 0.2) is 5.13 Å². The summed E-state index contributed by atoms with van der Waals surface area (Å²) in [4.78, 5) is 33.2. The van der Waals surface area contributed by atoms with E-state index in [4.69, 9.17) is 21.3 Å². The fourth-order valence-corrected chi connectivity index (χ4v) is 6.15. The summed E-state index contributed by atoms with van der Waals surface area (Å²) >= 11 is 7.39. The first-order valence-corrected chi connectivity index (χ1v) is 14.2. The fraction of sp³-hybridized carbons (Fsp3) is 0.258. The lowest BCUT2D eigenvalue weighted by molar-refractivity contribution is -0.132. The third-order valence-electron chi connectivity index (χ3n) is 6.80. The number of aliphatic hydroxyl groups excluding tert-OH is 1. The number of hydrogen-bond donors (Lipinski definition) is 1. The van der Waals surface area contributed by atoms with Gasteiger partial charge in [0.2, 0.25) is 0 Å². The van der Waals surface area contributed by atoms with Crippen LogP contribution in [0.5, 0.6) is 5.75 Å². The molecule has 1 aliphatic rings. The van der Waals surface area contributed by atoms with Crippen molar-refractivity contribution in [3.8, 4) is 5.75 Å². The number of Topliss-reactive ketones (excluding diaryl/α,β-unsaturated/α-hetero) is 1. The van der Waals surface area contributed by atoms with Crippen molar-refractivity contribution in [2.24, 2.45) is 0 Å². The van der Waals surface area contributed by atoms with Gasteiger partial charge >= 0.3 is 5.91 Å². The highest BCUT2D eigenvalue weighted by Crippen LogP contribution is 2.45. The number of fused-ring (bicyclic) bond motifs is 1. The molecule has 3 aromatic carbocycles. The largest absolute Gasteiger partial charge is 0.507 e. The molecule has 0 spiro atoms. The second kappa shape index (κ2) is 11.2. The Hall–Kier alpha value is -3.68. The van der Waals surface area contributed by atoms with Crippen molar-refractivity contribution in [1.29, 1.82) is 0 Å². The van der Waals surface area contributed by atoms with Crippen molar-refractivity contribution < 1.29 is 19.4 Å². The van der Waals surface area contributed by atoms with Gasteiger partial charge in [-0.05, 0) is 79.4 Å².